The minimum atomic E-state index is -0.269. The minimum Gasteiger partial charge on any atom is -0.465 e. The third kappa shape index (κ3) is 18.7. The van der Waals surface area contributed by atoms with E-state index in [4.69, 9.17) is 4.74 Å². The average molecular weight is 439 g/mol. The fraction of sp³-hybridized carbons (Fsp3) is 0.966. The monoisotopic (exact) mass is 438 g/mol. The maximum Gasteiger partial charge on any atom is 0.311 e. The second-order valence-corrected chi connectivity index (χ2v) is 10.2. The number of hydrogen-bond donors (Lipinski definition) is 0. The number of rotatable bonds is 24. The fourth-order valence-electron chi connectivity index (χ4n) is 4.50. The maximum atomic E-state index is 13.0. The molecule has 1 atom stereocenters. The molecule has 0 radical (unpaired) electrons. The Morgan fingerprint density at radius 2 is 0.839 bits per heavy atom. The van der Waals surface area contributed by atoms with Crippen LogP contribution in [0.15, 0.2) is 0 Å². The molecule has 0 fully saturated rings. The van der Waals surface area contributed by atoms with Crippen molar-refractivity contribution in [3.63, 3.8) is 0 Å². The molecule has 0 saturated heterocycles. The van der Waals surface area contributed by atoms with Crippen LogP contribution in [0.5, 0.6) is 0 Å². The minimum absolute atomic E-state index is 0.0811. The van der Waals surface area contributed by atoms with Gasteiger partial charge in [-0.25, -0.2) is 0 Å². The van der Waals surface area contributed by atoms with Crippen LogP contribution in [-0.4, -0.2) is 12.6 Å². The van der Waals surface area contributed by atoms with Gasteiger partial charge in [-0.05, 0) is 26.2 Å². The highest BCUT2D eigenvalue weighted by Crippen LogP contribution is 2.33. The van der Waals surface area contributed by atoms with Gasteiger partial charge in [-0.15, -0.1) is 0 Å². The summed E-state index contributed by atoms with van der Waals surface area (Å²) >= 11 is 0. The van der Waals surface area contributed by atoms with Crippen molar-refractivity contribution >= 4 is 5.97 Å². The average Bonchev–Trinajstić information content (AvgIpc) is 2.77. The van der Waals surface area contributed by atoms with Gasteiger partial charge in [-0.2, -0.15) is 0 Å². The van der Waals surface area contributed by atoms with E-state index < -0.39 is 0 Å². The zero-order valence-corrected chi connectivity index (χ0v) is 22.1. The topological polar surface area (TPSA) is 26.3 Å². The summed E-state index contributed by atoms with van der Waals surface area (Å²) in [5.74, 6) is 0.0811. The van der Waals surface area contributed by atoms with Gasteiger partial charge in [0.25, 0.3) is 0 Å². The van der Waals surface area contributed by atoms with Gasteiger partial charge in [0.2, 0.25) is 0 Å². The third-order valence-corrected chi connectivity index (χ3v) is 6.89. The molecule has 0 spiro atoms. The Bertz CT molecular complexity index is 379. The van der Waals surface area contributed by atoms with Crippen LogP contribution in [0.4, 0.5) is 0 Å². The van der Waals surface area contributed by atoms with Crippen molar-refractivity contribution in [1.29, 1.82) is 0 Å². The van der Waals surface area contributed by atoms with Gasteiger partial charge in [-0.1, -0.05) is 143 Å². The highest BCUT2D eigenvalue weighted by Gasteiger charge is 2.33. The number of carbonyl (C=O) groups is 1. The van der Waals surface area contributed by atoms with Crippen LogP contribution in [0, 0.1) is 5.41 Å². The Balaban J connectivity index is 4.25. The normalized spacial score (nSPS) is 13.3. The smallest absolute Gasteiger partial charge is 0.311 e. The molecule has 0 aliphatic carbocycles. The van der Waals surface area contributed by atoms with E-state index in [2.05, 4.69) is 27.7 Å². The van der Waals surface area contributed by atoms with Crippen molar-refractivity contribution in [2.45, 2.75) is 169 Å². The van der Waals surface area contributed by atoms with E-state index in [0.717, 1.165) is 19.3 Å². The summed E-state index contributed by atoms with van der Waals surface area (Å²) in [6.45, 7) is 9.59. The third-order valence-electron chi connectivity index (χ3n) is 6.89. The first-order valence-electron chi connectivity index (χ1n) is 14.3. The molecule has 0 saturated carbocycles. The molecule has 0 bridgehead atoms. The standard InChI is InChI=1S/C29H58O2/c1-5-8-11-14-17-18-20-23-26-29(4,25-22-19-15-12-9-6-2)28(30)31-27-24-21-16-13-10-7-3/h5-27H2,1-4H3. The van der Waals surface area contributed by atoms with E-state index in [0.29, 0.717) is 6.61 Å². The van der Waals surface area contributed by atoms with Gasteiger partial charge in [0, 0.05) is 0 Å². The van der Waals surface area contributed by atoms with Crippen LogP contribution < -0.4 is 0 Å². The lowest BCUT2D eigenvalue weighted by atomic mass is 9.79. The van der Waals surface area contributed by atoms with E-state index in [1.165, 1.54) is 122 Å². The molecule has 0 amide bonds. The summed E-state index contributed by atoms with van der Waals surface area (Å²) in [7, 11) is 0. The van der Waals surface area contributed by atoms with E-state index in [1.54, 1.807) is 0 Å². The summed E-state index contributed by atoms with van der Waals surface area (Å²) in [6, 6.07) is 0. The van der Waals surface area contributed by atoms with Gasteiger partial charge in [0.05, 0.1) is 12.0 Å². The Kier molecular flexibility index (Phi) is 22.3. The van der Waals surface area contributed by atoms with Crippen molar-refractivity contribution in [1.82, 2.24) is 0 Å². The number of ether oxygens (including phenoxy) is 1. The molecule has 0 aromatic heterocycles. The molecule has 1 unspecified atom stereocenters. The largest absolute Gasteiger partial charge is 0.465 e. The predicted octanol–water partition coefficient (Wildman–Crippen LogP) is 10.2. The van der Waals surface area contributed by atoms with Gasteiger partial charge >= 0.3 is 5.97 Å². The van der Waals surface area contributed by atoms with Crippen LogP contribution in [0.3, 0.4) is 0 Å². The molecule has 0 heterocycles. The van der Waals surface area contributed by atoms with Crippen molar-refractivity contribution in [2.24, 2.45) is 5.41 Å². The molecular weight excluding hydrogens is 380 g/mol. The van der Waals surface area contributed by atoms with Crippen molar-refractivity contribution in [3.05, 3.63) is 0 Å². The highest BCUT2D eigenvalue weighted by atomic mass is 16.5. The number of unbranched alkanes of at least 4 members (excludes halogenated alkanes) is 17. The van der Waals surface area contributed by atoms with Crippen LogP contribution >= 0.6 is 0 Å². The molecule has 0 N–H and O–H groups in total. The summed E-state index contributed by atoms with van der Waals surface area (Å²) in [6.07, 6.45) is 27.7. The molecule has 0 aromatic carbocycles. The zero-order chi connectivity index (χ0) is 23.0. The lowest BCUT2D eigenvalue weighted by molar-refractivity contribution is -0.156. The van der Waals surface area contributed by atoms with Gasteiger partial charge in [0.15, 0.2) is 0 Å². The summed E-state index contributed by atoms with van der Waals surface area (Å²) in [5.41, 5.74) is -0.269. The highest BCUT2D eigenvalue weighted by molar-refractivity contribution is 5.76. The second-order valence-electron chi connectivity index (χ2n) is 10.2. The Morgan fingerprint density at radius 3 is 1.23 bits per heavy atom. The van der Waals surface area contributed by atoms with Crippen molar-refractivity contribution in [3.8, 4) is 0 Å². The molecule has 31 heavy (non-hydrogen) atoms. The molecule has 2 nitrogen and oxygen atoms in total. The first kappa shape index (κ1) is 30.5. The van der Waals surface area contributed by atoms with Gasteiger partial charge in [-0.3, -0.25) is 4.79 Å². The van der Waals surface area contributed by atoms with E-state index in [1.807, 2.05) is 0 Å². The molecule has 0 aliphatic heterocycles. The van der Waals surface area contributed by atoms with Crippen LogP contribution in [0.2, 0.25) is 0 Å². The quantitative estimate of drug-likeness (QED) is 0.111. The predicted molar refractivity (Wildman–Crippen MR) is 138 cm³/mol. The summed E-state index contributed by atoms with van der Waals surface area (Å²) < 4.78 is 5.79. The van der Waals surface area contributed by atoms with Gasteiger partial charge < -0.3 is 4.74 Å². The summed E-state index contributed by atoms with van der Waals surface area (Å²) in [4.78, 5) is 13.0. The zero-order valence-electron chi connectivity index (χ0n) is 22.1. The lowest BCUT2D eigenvalue weighted by Crippen LogP contribution is -2.30. The molecule has 0 aromatic rings. The van der Waals surface area contributed by atoms with E-state index in [-0.39, 0.29) is 11.4 Å². The number of esters is 1. The first-order valence-corrected chi connectivity index (χ1v) is 14.3. The Hall–Kier alpha value is -0.530. The van der Waals surface area contributed by atoms with Crippen LogP contribution in [-0.2, 0) is 9.53 Å². The molecule has 186 valence electrons. The SMILES string of the molecule is CCCCCCCCCCC(C)(CCCCCCCC)C(=O)OCCCCCCCC. The summed E-state index contributed by atoms with van der Waals surface area (Å²) in [5, 5.41) is 0. The van der Waals surface area contributed by atoms with E-state index in [9.17, 15) is 4.79 Å². The Labute approximate surface area is 196 Å². The molecule has 2 heteroatoms. The lowest BCUT2D eigenvalue weighted by Gasteiger charge is -2.27. The first-order chi connectivity index (χ1) is 15.1. The van der Waals surface area contributed by atoms with Crippen molar-refractivity contribution < 1.29 is 9.53 Å². The number of carbonyl (C=O) groups excluding carboxylic acids is 1. The van der Waals surface area contributed by atoms with Crippen LogP contribution in [0.1, 0.15) is 169 Å². The molecular formula is C29H58O2. The molecule has 0 aliphatic rings. The second kappa shape index (κ2) is 22.7. The molecule has 0 rings (SSSR count). The maximum absolute atomic E-state index is 13.0. The van der Waals surface area contributed by atoms with Crippen molar-refractivity contribution in [2.75, 3.05) is 6.61 Å². The van der Waals surface area contributed by atoms with E-state index >= 15 is 0 Å². The van der Waals surface area contributed by atoms with Crippen LogP contribution in [0.25, 0.3) is 0 Å². The van der Waals surface area contributed by atoms with Gasteiger partial charge in [0.1, 0.15) is 0 Å². The Morgan fingerprint density at radius 1 is 0.516 bits per heavy atom. The fourth-order valence-corrected chi connectivity index (χ4v) is 4.50. The number of hydrogen-bond acceptors (Lipinski definition) is 2.